The minimum absolute atomic E-state index is 0.161. The highest BCUT2D eigenvalue weighted by molar-refractivity contribution is 4.97. The smallest absolute Gasteiger partial charge is 0.0597 e. The maximum atomic E-state index is 9.15. The fourth-order valence-electron chi connectivity index (χ4n) is 2.32. The van der Waals surface area contributed by atoms with E-state index in [0.29, 0.717) is 0 Å². The lowest BCUT2D eigenvalue weighted by molar-refractivity contribution is 0.0812. The van der Waals surface area contributed by atoms with Crippen LogP contribution in [0, 0.1) is 0 Å². The molecule has 0 amide bonds. The van der Waals surface area contributed by atoms with Gasteiger partial charge in [0.05, 0.1) is 6.61 Å². The van der Waals surface area contributed by atoms with Gasteiger partial charge in [0.1, 0.15) is 0 Å². The third kappa shape index (κ3) is 2.22. The molecule has 1 aliphatic heterocycles. The summed E-state index contributed by atoms with van der Waals surface area (Å²) in [5.41, 5.74) is 0.161. The molecule has 76 valence electrons. The average Bonchev–Trinajstić information content (AvgIpc) is 2.83. The number of piperazine rings is 1. The van der Waals surface area contributed by atoms with Crippen molar-refractivity contribution in [1.29, 1.82) is 0 Å². The van der Waals surface area contributed by atoms with Crippen LogP contribution in [-0.2, 0) is 0 Å². The standard InChI is InChI=1S/C10H20N2O/c1-10(2)7-12(9-3-4-9)5-8(6-13)11-10/h8-9,11,13H,3-7H2,1-2H3. The van der Waals surface area contributed by atoms with E-state index in [1.54, 1.807) is 0 Å². The van der Waals surface area contributed by atoms with E-state index in [2.05, 4.69) is 24.1 Å². The summed E-state index contributed by atoms with van der Waals surface area (Å²) in [6.45, 7) is 6.82. The van der Waals surface area contributed by atoms with Crippen LogP contribution in [0.5, 0.6) is 0 Å². The number of rotatable bonds is 2. The van der Waals surface area contributed by atoms with Gasteiger partial charge in [0, 0.05) is 30.7 Å². The molecule has 1 heterocycles. The van der Waals surface area contributed by atoms with Crippen molar-refractivity contribution in [1.82, 2.24) is 10.2 Å². The Hall–Kier alpha value is -0.120. The molecule has 2 rings (SSSR count). The number of nitrogens with zero attached hydrogens (tertiary/aromatic N) is 1. The third-order valence-corrected chi connectivity index (χ3v) is 2.93. The third-order valence-electron chi connectivity index (χ3n) is 2.93. The van der Waals surface area contributed by atoms with E-state index in [4.69, 9.17) is 5.11 Å². The predicted molar refractivity (Wildman–Crippen MR) is 52.7 cm³/mol. The zero-order valence-corrected chi connectivity index (χ0v) is 8.58. The Kier molecular flexibility index (Phi) is 2.34. The van der Waals surface area contributed by atoms with Crippen molar-refractivity contribution in [3.05, 3.63) is 0 Å². The van der Waals surface area contributed by atoms with Gasteiger partial charge >= 0.3 is 0 Å². The van der Waals surface area contributed by atoms with Gasteiger partial charge in [0.2, 0.25) is 0 Å². The predicted octanol–water partition coefficient (Wildman–Crippen LogP) is 0.193. The molecule has 0 radical (unpaired) electrons. The summed E-state index contributed by atoms with van der Waals surface area (Å²) in [7, 11) is 0. The first-order valence-corrected chi connectivity index (χ1v) is 5.23. The molecule has 0 aromatic heterocycles. The molecule has 1 unspecified atom stereocenters. The fourth-order valence-corrected chi connectivity index (χ4v) is 2.32. The van der Waals surface area contributed by atoms with Crippen LogP contribution in [0.2, 0.25) is 0 Å². The van der Waals surface area contributed by atoms with Crippen molar-refractivity contribution >= 4 is 0 Å². The Morgan fingerprint density at radius 3 is 2.69 bits per heavy atom. The van der Waals surface area contributed by atoms with Gasteiger partial charge in [-0.3, -0.25) is 4.90 Å². The second-order valence-electron chi connectivity index (χ2n) is 5.07. The molecular formula is C10H20N2O. The molecule has 0 aromatic rings. The minimum atomic E-state index is 0.161. The summed E-state index contributed by atoms with van der Waals surface area (Å²) in [4.78, 5) is 2.53. The van der Waals surface area contributed by atoms with Gasteiger partial charge in [-0.15, -0.1) is 0 Å². The van der Waals surface area contributed by atoms with Gasteiger partial charge < -0.3 is 10.4 Å². The second kappa shape index (κ2) is 3.23. The summed E-state index contributed by atoms with van der Waals surface area (Å²) in [6, 6.07) is 1.08. The van der Waals surface area contributed by atoms with Crippen LogP contribution in [0.1, 0.15) is 26.7 Å². The van der Waals surface area contributed by atoms with E-state index in [9.17, 15) is 0 Å². The SMILES string of the molecule is CC1(C)CN(C2CC2)CC(CO)N1. The molecular weight excluding hydrogens is 164 g/mol. The maximum Gasteiger partial charge on any atom is 0.0597 e. The minimum Gasteiger partial charge on any atom is -0.395 e. The molecule has 0 bridgehead atoms. The first-order valence-electron chi connectivity index (χ1n) is 5.23. The van der Waals surface area contributed by atoms with Crippen molar-refractivity contribution in [2.75, 3.05) is 19.7 Å². The van der Waals surface area contributed by atoms with E-state index >= 15 is 0 Å². The topological polar surface area (TPSA) is 35.5 Å². The Bertz CT molecular complexity index is 189. The van der Waals surface area contributed by atoms with E-state index in [0.717, 1.165) is 19.1 Å². The molecule has 3 heteroatoms. The van der Waals surface area contributed by atoms with Crippen molar-refractivity contribution in [2.24, 2.45) is 0 Å². The van der Waals surface area contributed by atoms with Crippen LogP contribution >= 0.6 is 0 Å². The van der Waals surface area contributed by atoms with Crippen LogP contribution in [0.4, 0.5) is 0 Å². The van der Waals surface area contributed by atoms with Gasteiger partial charge in [-0.2, -0.15) is 0 Å². The van der Waals surface area contributed by atoms with E-state index in [-0.39, 0.29) is 18.2 Å². The normalized spacial score (nSPS) is 34.8. The maximum absolute atomic E-state index is 9.15. The Labute approximate surface area is 80.1 Å². The number of aliphatic hydroxyl groups is 1. The average molecular weight is 184 g/mol. The lowest BCUT2D eigenvalue weighted by Crippen LogP contribution is -2.63. The van der Waals surface area contributed by atoms with Gasteiger partial charge in [0.15, 0.2) is 0 Å². The highest BCUT2D eigenvalue weighted by Crippen LogP contribution is 2.30. The quantitative estimate of drug-likeness (QED) is 0.643. The van der Waals surface area contributed by atoms with Crippen LogP contribution in [0.25, 0.3) is 0 Å². The van der Waals surface area contributed by atoms with E-state index < -0.39 is 0 Å². The summed E-state index contributed by atoms with van der Waals surface area (Å²) < 4.78 is 0. The molecule has 0 aromatic carbocycles. The number of hydrogen-bond donors (Lipinski definition) is 2. The summed E-state index contributed by atoms with van der Waals surface area (Å²) >= 11 is 0. The van der Waals surface area contributed by atoms with Crippen LogP contribution < -0.4 is 5.32 Å². The zero-order valence-electron chi connectivity index (χ0n) is 8.58. The van der Waals surface area contributed by atoms with Crippen molar-refractivity contribution < 1.29 is 5.11 Å². The molecule has 1 saturated carbocycles. The van der Waals surface area contributed by atoms with Crippen LogP contribution in [0.3, 0.4) is 0 Å². The molecule has 1 aliphatic carbocycles. The monoisotopic (exact) mass is 184 g/mol. The summed E-state index contributed by atoms with van der Waals surface area (Å²) in [6.07, 6.45) is 2.71. The van der Waals surface area contributed by atoms with Crippen LogP contribution in [-0.4, -0.2) is 47.3 Å². The van der Waals surface area contributed by atoms with Gasteiger partial charge in [-0.05, 0) is 26.7 Å². The Morgan fingerprint density at radius 1 is 1.46 bits per heavy atom. The van der Waals surface area contributed by atoms with Crippen LogP contribution in [0.15, 0.2) is 0 Å². The Balaban J connectivity index is 1.97. The second-order valence-corrected chi connectivity index (χ2v) is 5.07. The van der Waals surface area contributed by atoms with Gasteiger partial charge in [0.25, 0.3) is 0 Å². The lowest BCUT2D eigenvalue weighted by atomic mass is 9.98. The van der Waals surface area contributed by atoms with Crippen molar-refractivity contribution in [2.45, 2.75) is 44.3 Å². The number of hydrogen-bond acceptors (Lipinski definition) is 3. The summed E-state index contributed by atoms with van der Waals surface area (Å²) in [5.74, 6) is 0. The molecule has 1 saturated heterocycles. The zero-order chi connectivity index (χ0) is 9.47. The summed E-state index contributed by atoms with van der Waals surface area (Å²) in [5, 5.41) is 12.6. The molecule has 3 nitrogen and oxygen atoms in total. The van der Waals surface area contributed by atoms with Crippen molar-refractivity contribution in [3.8, 4) is 0 Å². The lowest BCUT2D eigenvalue weighted by Gasteiger charge is -2.43. The van der Waals surface area contributed by atoms with Crippen molar-refractivity contribution in [3.63, 3.8) is 0 Å². The molecule has 2 fully saturated rings. The van der Waals surface area contributed by atoms with E-state index in [1.807, 2.05) is 0 Å². The molecule has 0 spiro atoms. The van der Waals surface area contributed by atoms with Gasteiger partial charge in [-0.25, -0.2) is 0 Å². The molecule has 1 atom stereocenters. The highest BCUT2D eigenvalue weighted by atomic mass is 16.3. The molecule has 13 heavy (non-hydrogen) atoms. The first-order chi connectivity index (χ1) is 6.11. The fraction of sp³-hybridized carbons (Fsp3) is 1.00. The highest BCUT2D eigenvalue weighted by Gasteiger charge is 2.38. The Morgan fingerprint density at radius 2 is 2.15 bits per heavy atom. The molecule has 2 aliphatic rings. The van der Waals surface area contributed by atoms with Gasteiger partial charge in [-0.1, -0.05) is 0 Å². The van der Waals surface area contributed by atoms with E-state index in [1.165, 1.54) is 12.8 Å². The number of aliphatic hydroxyl groups excluding tert-OH is 1. The first kappa shape index (κ1) is 9.44. The largest absolute Gasteiger partial charge is 0.395 e. The number of nitrogens with one attached hydrogen (secondary N) is 1. The molecule has 2 N–H and O–H groups in total.